The molecule has 2 N–H and O–H groups in total. The summed E-state index contributed by atoms with van der Waals surface area (Å²) in [6.07, 6.45) is 1.16. The van der Waals surface area contributed by atoms with Crippen LogP contribution in [0.3, 0.4) is 0 Å². The summed E-state index contributed by atoms with van der Waals surface area (Å²) in [6.45, 7) is 2.42. The van der Waals surface area contributed by atoms with E-state index in [1.54, 1.807) is 18.2 Å². The molecule has 0 radical (unpaired) electrons. The van der Waals surface area contributed by atoms with Gasteiger partial charge in [0.25, 0.3) is 0 Å². The zero-order valence-electron chi connectivity index (χ0n) is 15.0. The third kappa shape index (κ3) is 6.20. The summed E-state index contributed by atoms with van der Waals surface area (Å²) in [5.74, 6) is 0.802. The number of nitrogens with one attached hydrogen (secondary N) is 2. The Morgan fingerprint density at radius 2 is 1.88 bits per heavy atom. The van der Waals surface area contributed by atoms with Crippen LogP contribution in [0.4, 0.5) is 11.4 Å². The van der Waals surface area contributed by atoms with Gasteiger partial charge in [-0.05, 0) is 49.5 Å². The number of para-hydroxylation sites is 1. The molecular weight excluding hydrogens is 370 g/mol. The summed E-state index contributed by atoms with van der Waals surface area (Å²) < 4.78 is 30.2. The van der Waals surface area contributed by atoms with Crippen molar-refractivity contribution in [2.24, 2.45) is 0 Å². The van der Waals surface area contributed by atoms with E-state index in [1.807, 2.05) is 43.3 Å². The highest BCUT2D eigenvalue weighted by molar-refractivity contribution is 7.92. The van der Waals surface area contributed by atoms with E-state index < -0.39 is 10.0 Å². The van der Waals surface area contributed by atoms with Crippen LogP contribution in [0.5, 0.6) is 5.75 Å². The minimum absolute atomic E-state index is 0.00270. The van der Waals surface area contributed by atoms with E-state index in [9.17, 15) is 8.42 Å². The molecule has 26 heavy (non-hydrogen) atoms. The van der Waals surface area contributed by atoms with Crippen molar-refractivity contribution in [3.05, 3.63) is 54.6 Å². The first-order valence-corrected chi connectivity index (χ1v) is 10.3. The first kappa shape index (κ1) is 20.0. The number of anilines is 2. The molecule has 0 bridgehead atoms. The maximum absolute atomic E-state index is 11.7. The van der Waals surface area contributed by atoms with E-state index >= 15 is 0 Å². The molecule has 140 valence electrons. The molecule has 6 nitrogen and oxygen atoms in total. The second kappa shape index (κ2) is 8.86. The van der Waals surface area contributed by atoms with Gasteiger partial charge in [-0.25, -0.2) is 8.42 Å². The second-order valence-corrected chi connectivity index (χ2v) is 8.33. The van der Waals surface area contributed by atoms with E-state index in [0.29, 0.717) is 23.1 Å². The highest BCUT2D eigenvalue weighted by Gasteiger charge is 2.12. The average Bonchev–Trinajstić information content (AvgIpc) is 2.59. The molecule has 0 aliphatic heterocycles. The van der Waals surface area contributed by atoms with Crippen LogP contribution in [-0.4, -0.2) is 39.5 Å². The summed E-state index contributed by atoms with van der Waals surface area (Å²) >= 11 is 5.32. The molecule has 0 saturated heterocycles. The van der Waals surface area contributed by atoms with Gasteiger partial charge in [0, 0.05) is 12.7 Å². The van der Waals surface area contributed by atoms with E-state index in [1.165, 1.54) is 11.4 Å². The molecule has 8 heteroatoms. The molecule has 0 aliphatic rings. The van der Waals surface area contributed by atoms with Gasteiger partial charge in [-0.3, -0.25) is 4.31 Å². The van der Waals surface area contributed by atoms with Crippen LogP contribution in [0.15, 0.2) is 54.6 Å². The van der Waals surface area contributed by atoms with Crippen molar-refractivity contribution in [1.82, 2.24) is 5.32 Å². The molecular formula is C18H23N3O3S2. The van der Waals surface area contributed by atoms with Crippen molar-refractivity contribution in [2.45, 2.75) is 13.0 Å². The Balaban J connectivity index is 1.89. The van der Waals surface area contributed by atoms with Crippen LogP contribution in [0.2, 0.25) is 0 Å². The lowest BCUT2D eigenvalue weighted by Gasteiger charge is -2.20. The lowest BCUT2D eigenvalue weighted by molar-refractivity contribution is 0.287. The molecule has 0 spiro atoms. The first-order chi connectivity index (χ1) is 12.3. The number of hydrogen-bond acceptors (Lipinski definition) is 4. The van der Waals surface area contributed by atoms with Gasteiger partial charge in [0.1, 0.15) is 12.4 Å². The number of ether oxygens (including phenoxy) is 1. The monoisotopic (exact) mass is 393 g/mol. The van der Waals surface area contributed by atoms with Gasteiger partial charge < -0.3 is 15.4 Å². The molecule has 0 heterocycles. The molecule has 0 fully saturated rings. The van der Waals surface area contributed by atoms with Crippen molar-refractivity contribution in [3.63, 3.8) is 0 Å². The van der Waals surface area contributed by atoms with Crippen LogP contribution in [0.25, 0.3) is 0 Å². The molecule has 1 atom stereocenters. The molecule has 1 unspecified atom stereocenters. The Bertz CT molecular complexity index is 842. The topological polar surface area (TPSA) is 70.7 Å². The Labute approximate surface area is 160 Å². The predicted molar refractivity (Wildman–Crippen MR) is 110 cm³/mol. The lowest BCUT2D eigenvalue weighted by Crippen LogP contribution is -2.39. The summed E-state index contributed by atoms with van der Waals surface area (Å²) in [6, 6.07) is 16.6. The summed E-state index contributed by atoms with van der Waals surface area (Å²) in [4.78, 5) is 0. The fourth-order valence-electron chi connectivity index (χ4n) is 2.14. The van der Waals surface area contributed by atoms with Crippen LogP contribution in [-0.2, 0) is 10.0 Å². The molecule has 0 aliphatic carbocycles. The van der Waals surface area contributed by atoms with Gasteiger partial charge in [-0.15, -0.1) is 0 Å². The van der Waals surface area contributed by atoms with Gasteiger partial charge >= 0.3 is 0 Å². The number of thiocarbonyl (C=S) groups is 1. The van der Waals surface area contributed by atoms with Crippen molar-refractivity contribution in [2.75, 3.05) is 29.5 Å². The van der Waals surface area contributed by atoms with E-state index in [-0.39, 0.29) is 6.04 Å². The van der Waals surface area contributed by atoms with Crippen LogP contribution < -0.4 is 19.7 Å². The zero-order valence-corrected chi connectivity index (χ0v) is 16.6. The largest absolute Gasteiger partial charge is 0.491 e. The smallest absolute Gasteiger partial charge is 0.231 e. The van der Waals surface area contributed by atoms with Gasteiger partial charge in [-0.2, -0.15) is 0 Å². The van der Waals surface area contributed by atoms with E-state index in [2.05, 4.69) is 10.6 Å². The van der Waals surface area contributed by atoms with Crippen molar-refractivity contribution >= 4 is 38.7 Å². The lowest BCUT2D eigenvalue weighted by atomic mass is 10.3. The van der Waals surface area contributed by atoms with Gasteiger partial charge in [0.15, 0.2) is 5.11 Å². The van der Waals surface area contributed by atoms with Gasteiger partial charge in [0.2, 0.25) is 10.0 Å². The number of sulfonamides is 1. The molecule has 0 saturated carbocycles. The Hall–Kier alpha value is -2.32. The quantitative estimate of drug-likeness (QED) is 0.705. The summed E-state index contributed by atoms with van der Waals surface area (Å²) in [5, 5.41) is 6.64. The first-order valence-electron chi connectivity index (χ1n) is 8.05. The normalized spacial score (nSPS) is 12.1. The SMILES string of the molecule is CC(COc1ccccc1)NC(=S)Nc1cccc(N(C)S(C)(=O)=O)c1. The number of rotatable bonds is 7. The highest BCUT2D eigenvalue weighted by Crippen LogP contribution is 2.20. The van der Waals surface area contributed by atoms with Gasteiger partial charge in [0.05, 0.1) is 18.0 Å². The number of benzene rings is 2. The Morgan fingerprint density at radius 3 is 2.54 bits per heavy atom. The van der Waals surface area contributed by atoms with Crippen molar-refractivity contribution in [1.29, 1.82) is 0 Å². The second-order valence-electron chi connectivity index (χ2n) is 5.90. The van der Waals surface area contributed by atoms with Crippen molar-refractivity contribution in [3.8, 4) is 5.75 Å². The third-order valence-electron chi connectivity index (χ3n) is 3.59. The fourth-order valence-corrected chi connectivity index (χ4v) is 2.96. The third-order valence-corrected chi connectivity index (χ3v) is 5.01. The maximum atomic E-state index is 11.7. The molecule has 2 rings (SSSR count). The zero-order chi connectivity index (χ0) is 19.2. The molecule has 0 aromatic heterocycles. The standard InChI is InChI=1S/C18H23N3O3S2/c1-14(13-24-17-10-5-4-6-11-17)19-18(25)20-15-8-7-9-16(12-15)21(2)26(3,22)23/h4-12,14H,13H2,1-3H3,(H2,19,20,25). The minimum atomic E-state index is -3.31. The summed E-state index contributed by atoms with van der Waals surface area (Å²) in [5.41, 5.74) is 1.26. The fraction of sp³-hybridized carbons (Fsp3) is 0.278. The number of nitrogens with zero attached hydrogens (tertiary/aromatic N) is 1. The molecule has 0 amide bonds. The Morgan fingerprint density at radius 1 is 1.19 bits per heavy atom. The van der Waals surface area contributed by atoms with Crippen LogP contribution in [0, 0.1) is 0 Å². The Kier molecular flexibility index (Phi) is 6.82. The van der Waals surface area contributed by atoms with Crippen LogP contribution in [0.1, 0.15) is 6.92 Å². The highest BCUT2D eigenvalue weighted by atomic mass is 32.2. The predicted octanol–water partition coefficient (Wildman–Crippen LogP) is 2.84. The molecule has 2 aromatic carbocycles. The summed E-state index contributed by atoms with van der Waals surface area (Å²) in [7, 11) is -1.81. The van der Waals surface area contributed by atoms with Crippen molar-refractivity contribution < 1.29 is 13.2 Å². The number of hydrogen-bond donors (Lipinski definition) is 2. The van der Waals surface area contributed by atoms with Crippen LogP contribution >= 0.6 is 12.2 Å². The van der Waals surface area contributed by atoms with Gasteiger partial charge in [-0.1, -0.05) is 24.3 Å². The minimum Gasteiger partial charge on any atom is -0.491 e. The average molecular weight is 394 g/mol. The van der Waals surface area contributed by atoms with E-state index in [4.69, 9.17) is 17.0 Å². The maximum Gasteiger partial charge on any atom is 0.231 e. The molecule has 2 aromatic rings. The van der Waals surface area contributed by atoms with E-state index in [0.717, 1.165) is 12.0 Å².